The Morgan fingerprint density at radius 3 is 2.74 bits per heavy atom. The lowest BCUT2D eigenvalue weighted by molar-refractivity contribution is 0.0728. The van der Waals surface area contributed by atoms with Crippen molar-refractivity contribution < 1.29 is 9.18 Å². The normalized spacial score (nSPS) is 13.0. The Morgan fingerprint density at radius 1 is 1.13 bits per heavy atom. The van der Waals surface area contributed by atoms with Gasteiger partial charge in [0.05, 0.1) is 18.4 Å². The summed E-state index contributed by atoms with van der Waals surface area (Å²) in [5, 5.41) is 13.3. The number of hydrogen-bond donors (Lipinski definition) is 2. The smallest absolute Gasteiger partial charge is 0.276 e. The van der Waals surface area contributed by atoms with Gasteiger partial charge in [-0.15, -0.1) is 0 Å². The lowest BCUT2D eigenvalue weighted by Gasteiger charge is -2.29. The van der Waals surface area contributed by atoms with Gasteiger partial charge in [-0.3, -0.25) is 9.78 Å². The van der Waals surface area contributed by atoms with E-state index in [1.807, 2.05) is 12.1 Å². The van der Waals surface area contributed by atoms with Crippen molar-refractivity contribution >= 4 is 17.4 Å². The number of H-pyrrole nitrogens is 1. The fourth-order valence-corrected chi connectivity index (χ4v) is 3.45. The van der Waals surface area contributed by atoms with E-state index < -0.39 is 0 Å². The minimum Gasteiger partial charge on any atom is -0.340 e. The van der Waals surface area contributed by atoms with Crippen LogP contribution in [-0.2, 0) is 13.0 Å². The first-order valence-corrected chi connectivity index (χ1v) is 9.65. The number of aromatic nitrogens is 6. The molecule has 0 atom stereocenters. The third-order valence-electron chi connectivity index (χ3n) is 5.01. The number of pyridine rings is 1. The van der Waals surface area contributed by atoms with Crippen LogP contribution in [0.1, 0.15) is 21.7 Å². The number of amides is 1. The molecule has 4 aromatic rings. The summed E-state index contributed by atoms with van der Waals surface area (Å²) in [6.07, 6.45) is 5.35. The van der Waals surface area contributed by atoms with E-state index in [-0.39, 0.29) is 17.4 Å². The van der Waals surface area contributed by atoms with Crippen LogP contribution >= 0.6 is 0 Å². The number of benzene rings is 1. The molecule has 10 heteroatoms. The number of carbonyl (C=O) groups is 1. The van der Waals surface area contributed by atoms with Gasteiger partial charge in [0.25, 0.3) is 5.91 Å². The molecule has 2 N–H and O–H groups in total. The van der Waals surface area contributed by atoms with Gasteiger partial charge in [-0.25, -0.2) is 14.4 Å². The van der Waals surface area contributed by atoms with E-state index in [1.165, 1.54) is 18.3 Å². The second-order valence-corrected chi connectivity index (χ2v) is 7.03. The van der Waals surface area contributed by atoms with Crippen molar-refractivity contribution in [2.45, 2.75) is 13.0 Å². The zero-order valence-electron chi connectivity index (χ0n) is 16.3. The van der Waals surface area contributed by atoms with E-state index in [1.54, 1.807) is 29.4 Å². The molecule has 0 bridgehead atoms. The molecular formula is C21H17FN8O. The zero-order valence-corrected chi connectivity index (χ0v) is 16.3. The quantitative estimate of drug-likeness (QED) is 0.526. The summed E-state index contributed by atoms with van der Waals surface area (Å²) < 4.78 is 13.3. The number of fused-ring (bicyclic) bond motifs is 1. The highest BCUT2D eigenvalue weighted by molar-refractivity contribution is 5.92. The largest absolute Gasteiger partial charge is 0.340 e. The number of hydrogen-bond acceptors (Lipinski definition) is 7. The Balaban J connectivity index is 1.54. The number of carbonyl (C=O) groups excluding carboxylic acids is 1. The Bertz CT molecular complexity index is 1210. The van der Waals surface area contributed by atoms with Crippen LogP contribution in [0.5, 0.6) is 0 Å². The average Bonchev–Trinajstić information content (AvgIpc) is 3.35. The van der Waals surface area contributed by atoms with Gasteiger partial charge in [-0.2, -0.15) is 15.4 Å². The third-order valence-corrected chi connectivity index (χ3v) is 5.01. The molecule has 0 aliphatic carbocycles. The number of nitrogens with zero attached hydrogens (tertiary/aromatic N) is 6. The maximum atomic E-state index is 13.3. The Morgan fingerprint density at radius 2 is 2.00 bits per heavy atom. The van der Waals surface area contributed by atoms with Crippen LogP contribution in [0.2, 0.25) is 0 Å². The number of nitrogens with one attached hydrogen (secondary N) is 2. The second-order valence-electron chi connectivity index (χ2n) is 7.03. The molecule has 0 spiro atoms. The molecule has 1 aliphatic heterocycles. The predicted octanol–water partition coefficient (Wildman–Crippen LogP) is 2.74. The highest BCUT2D eigenvalue weighted by atomic mass is 19.1. The van der Waals surface area contributed by atoms with Gasteiger partial charge in [0.15, 0.2) is 11.5 Å². The Hall–Kier alpha value is -4.21. The standard InChI is InChI=1S/C21H17FN8O/c22-14-3-5-15(6-4-14)25-20-16-12-30(21(31)18-11-24-29-28-18)9-7-17(16)26-19(27-20)13-2-1-8-23-10-13/h1-6,8,10-11H,7,9,12H2,(H,24,28,29)(H,25,26,27). The van der Waals surface area contributed by atoms with Crippen molar-refractivity contribution in [3.05, 3.63) is 77.8 Å². The van der Waals surface area contributed by atoms with Gasteiger partial charge in [-0.05, 0) is 36.4 Å². The van der Waals surface area contributed by atoms with Crippen LogP contribution in [-0.4, -0.2) is 47.7 Å². The van der Waals surface area contributed by atoms with Gasteiger partial charge in [0, 0.05) is 42.2 Å². The molecule has 1 aliphatic rings. The van der Waals surface area contributed by atoms with E-state index in [0.717, 1.165) is 16.8 Å². The van der Waals surface area contributed by atoms with Crippen LogP contribution in [0.25, 0.3) is 11.4 Å². The summed E-state index contributed by atoms with van der Waals surface area (Å²) in [7, 11) is 0. The zero-order chi connectivity index (χ0) is 21.2. The first-order chi connectivity index (χ1) is 15.2. The van der Waals surface area contributed by atoms with E-state index in [4.69, 9.17) is 9.97 Å². The van der Waals surface area contributed by atoms with E-state index in [9.17, 15) is 9.18 Å². The molecule has 0 fully saturated rings. The molecule has 9 nitrogen and oxygen atoms in total. The van der Waals surface area contributed by atoms with Crippen molar-refractivity contribution in [2.75, 3.05) is 11.9 Å². The minimum atomic E-state index is -0.323. The fraction of sp³-hybridized carbons (Fsp3) is 0.143. The first kappa shape index (κ1) is 18.8. The van der Waals surface area contributed by atoms with E-state index in [2.05, 4.69) is 25.7 Å². The molecule has 3 aromatic heterocycles. The van der Waals surface area contributed by atoms with E-state index in [0.29, 0.717) is 36.8 Å². The number of rotatable bonds is 4. The maximum absolute atomic E-state index is 13.3. The van der Waals surface area contributed by atoms with Gasteiger partial charge in [-0.1, -0.05) is 0 Å². The summed E-state index contributed by atoms with van der Waals surface area (Å²) in [5.41, 5.74) is 3.38. The molecule has 31 heavy (non-hydrogen) atoms. The van der Waals surface area contributed by atoms with Crippen molar-refractivity contribution in [1.82, 2.24) is 35.3 Å². The number of aromatic amines is 1. The lowest BCUT2D eigenvalue weighted by Crippen LogP contribution is -2.37. The monoisotopic (exact) mass is 416 g/mol. The van der Waals surface area contributed by atoms with Crippen LogP contribution in [0.4, 0.5) is 15.9 Å². The van der Waals surface area contributed by atoms with Crippen molar-refractivity contribution in [3.63, 3.8) is 0 Å². The summed E-state index contributed by atoms with van der Waals surface area (Å²) in [4.78, 5) is 28.0. The minimum absolute atomic E-state index is 0.219. The van der Waals surface area contributed by atoms with Crippen molar-refractivity contribution in [2.24, 2.45) is 0 Å². The highest BCUT2D eigenvalue weighted by Gasteiger charge is 2.27. The molecule has 0 unspecified atom stereocenters. The molecule has 1 aromatic carbocycles. The predicted molar refractivity (Wildman–Crippen MR) is 110 cm³/mol. The first-order valence-electron chi connectivity index (χ1n) is 9.65. The maximum Gasteiger partial charge on any atom is 0.276 e. The highest BCUT2D eigenvalue weighted by Crippen LogP contribution is 2.29. The molecule has 5 rings (SSSR count). The molecule has 154 valence electrons. The van der Waals surface area contributed by atoms with E-state index >= 15 is 0 Å². The summed E-state index contributed by atoms with van der Waals surface area (Å²) >= 11 is 0. The fourth-order valence-electron chi connectivity index (χ4n) is 3.45. The Labute approximate surface area is 176 Å². The van der Waals surface area contributed by atoms with Crippen LogP contribution < -0.4 is 5.32 Å². The second kappa shape index (κ2) is 7.90. The third kappa shape index (κ3) is 3.82. The lowest BCUT2D eigenvalue weighted by atomic mass is 10.0. The van der Waals surface area contributed by atoms with Crippen LogP contribution in [0, 0.1) is 5.82 Å². The van der Waals surface area contributed by atoms with Crippen LogP contribution in [0.3, 0.4) is 0 Å². The topological polar surface area (TPSA) is 113 Å². The average molecular weight is 416 g/mol. The SMILES string of the molecule is O=C(c1cn[nH]n1)N1CCc2nc(-c3cccnc3)nc(Nc3ccc(F)cc3)c2C1. The number of anilines is 2. The summed E-state index contributed by atoms with van der Waals surface area (Å²) in [5.74, 6) is 0.556. The molecule has 4 heterocycles. The molecule has 0 saturated carbocycles. The molecule has 0 saturated heterocycles. The molecule has 0 radical (unpaired) electrons. The summed E-state index contributed by atoms with van der Waals surface area (Å²) in [6, 6.07) is 9.73. The van der Waals surface area contributed by atoms with Gasteiger partial charge < -0.3 is 10.2 Å². The number of halogens is 1. The Kier molecular flexibility index (Phi) is 4.79. The van der Waals surface area contributed by atoms with Gasteiger partial charge in [0.1, 0.15) is 11.6 Å². The van der Waals surface area contributed by atoms with Gasteiger partial charge in [0.2, 0.25) is 0 Å². The van der Waals surface area contributed by atoms with Crippen LogP contribution in [0.15, 0.2) is 55.0 Å². The van der Waals surface area contributed by atoms with Gasteiger partial charge >= 0.3 is 0 Å². The summed E-state index contributed by atoms with van der Waals surface area (Å²) in [6.45, 7) is 0.816. The molecular weight excluding hydrogens is 399 g/mol. The van der Waals surface area contributed by atoms with Crippen molar-refractivity contribution in [1.29, 1.82) is 0 Å². The van der Waals surface area contributed by atoms with Crippen molar-refractivity contribution in [3.8, 4) is 11.4 Å². The molecule has 1 amide bonds.